The number of hydrogen-bond acceptors (Lipinski definition) is 7. The van der Waals surface area contributed by atoms with Crippen molar-refractivity contribution in [2.45, 2.75) is 63.8 Å². The lowest BCUT2D eigenvalue weighted by Crippen LogP contribution is -2.47. The SMILES string of the molecule is CO[C@@H]1CC(Nc2cc(Br)ncc2[N+](=O)[O-])C[C@@H](NC(=O)OC(C)(C)C)C1. The molecule has 150 valence electrons. The Labute approximate surface area is 166 Å². The molecule has 1 unspecified atom stereocenters. The smallest absolute Gasteiger partial charge is 0.407 e. The molecule has 9 nitrogen and oxygen atoms in total. The van der Waals surface area contributed by atoms with Gasteiger partial charge in [-0.3, -0.25) is 10.1 Å². The van der Waals surface area contributed by atoms with Crippen molar-refractivity contribution in [3.05, 3.63) is 27.0 Å². The maximum Gasteiger partial charge on any atom is 0.407 e. The number of anilines is 1. The fourth-order valence-electron chi connectivity index (χ4n) is 3.07. The Balaban J connectivity index is 2.10. The van der Waals surface area contributed by atoms with Crippen molar-refractivity contribution < 1.29 is 19.2 Å². The highest BCUT2D eigenvalue weighted by Crippen LogP contribution is 2.30. The zero-order chi connectivity index (χ0) is 20.2. The average molecular weight is 445 g/mol. The van der Waals surface area contributed by atoms with Crippen molar-refractivity contribution in [3.8, 4) is 0 Å². The van der Waals surface area contributed by atoms with E-state index in [4.69, 9.17) is 9.47 Å². The van der Waals surface area contributed by atoms with Gasteiger partial charge in [0.15, 0.2) is 0 Å². The van der Waals surface area contributed by atoms with Gasteiger partial charge in [0.25, 0.3) is 0 Å². The van der Waals surface area contributed by atoms with Gasteiger partial charge in [0.2, 0.25) is 0 Å². The van der Waals surface area contributed by atoms with Crippen LogP contribution in [0.3, 0.4) is 0 Å². The minimum absolute atomic E-state index is 0.0829. The number of carbonyl (C=O) groups excluding carboxylic acids is 1. The molecule has 1 heterocycles. The third-order valence-electron chi connectivity index (χ3n) is 4.12. The van der Waals surface area contributed by atoms with E-state index in [0.29, 0.717) is 29.6 Å². The van der Waals surface area contributed by atoms with Crippen molar-refractivity contribution in [1.82, 2.24) is 10.3 Å². The first-order valence-corrected chi connectivity index (χ1v) is 9.45. The molecule has 2 N–H and O–H groups in total. The summed E-state index contributed by atoms with van der Waals surface area (Å²) in [5.74, 6) is 0. The Morgan fingerprint density at radius 3 is 2.59 bits per heavy atom. The van der Waals surface area contributed by atoms with Crippen molar-refractivity contribution in [3.63, 3.8) is 0 Å². The standard InChI is InChI=1S/C17H25BrN4O5/c1-17(2,3)27-16(23)21-11-5-10(6-12(7-11)26-4)20-13-8-15(18)19-9-14(13)22(24)25/h8-12H,5-7H2,1-4H3,(H,19,20)(H,21,23)/t10?,11-,12-/m1/s1. The second-order valence-corrected chi connectivity index (χ2v) is 8.34. The second kappa shape index (κ2) is 8.83. The molecule has 0 aromatic carbocycles. The summed E-state index contributed by atoms with van der Waals surface area (Å²) in [6.07, 6.45) is 2.55. The number of methoxy groups -OCH3 is 1. The molecule has 0 aliphatic heterocycles. The van der Waals surface area contributed by atoms with E-state index in [9.17, 15) is 14.9 Å². The first-order chi connectivity index (χ1) is 12.6. The van der Waals surface area contributed by atoms with Crippen LogP contribution < -0.4 is 10.6 Å². The number of halogens is 1. The molecule has 10 heteroatoms. The molecule has 1 aromatic heterocycles. The summed E-state index contributed by atoms with van der Waals surface area (Å²) >= 11 is 3.24. The van der Waals surface area contributed by atoms with Crippen molar-refractivity contribution >= 4 is 33.4 Å². The summed E-state index contributed by atoms with van der Waals surface area (Å²) < 4.78 is 11.3. The summed E-state index contributed by atoms with van der Waals surface area (Å²) in [4.78, 5) is 26.8. The maximum absolute atomic E-state index is 12.1. The van der Waals surface area contributed by atoms with Gasteiger partial charge in [-0.05, 0) is 56.0 Å². The van der Waals surface area contributed by atoms with Crippen LogP contribution >= 0.6 is 15.9 Å². The summed E-state index contributed by atoms with van der Waals surface area (Å²) in [5.41, 5.74) is -0.310. The molecule has 1 aliphatic carbocycles. The Kier molecular flexibility index (Phi) is 6.99. The highest BCUT2D eigenvalue weighted by molar-refractivity contribution is 9.10. The van der Waals surface area contributed by atoms with Crippen LogP contribution in [0.4, 0.5) is 16.2 Å². The lowest BCUT2D eigenvalue weighted by atomic mass is 9.88. The Hall–Kier alpha value is -1.94. The summed E-state index contributed by atoms with van der Waals surface area (Å²) in [6.45, 7) is 5.41. The molecule has 2 rings (SSSR count). The van der Waals surface area contributed by atoms with E-state index in [2.05, 4.69) is 31.5 Å². The molecule has 1 saturated carbocycles. The number of nitrogens with zero attached hydrogens (tertiary/aromatic N) is 2. The first kappa shape index (κ1) is 21.4. The van der Waals surface area contributed by atoms with E-state index in [0.717, 1.165) is 0 Å². The van der Waals surface area contributed by atoms with Crippen LogP contribution in [0.5, 0.6) is 0 Å². The molecule has 0 bridgehead atoms. The monoisotopic (exact) mass is 444 g/mol. The number of nitro groups is 1. The van der Waals surface area contributed by atoms with Gasteiger partial charge < -0.3 is 20.1 Å². The molecule has 0 radical (unpaired) electrons. The predicted molar refractivity (Wildman–Crippen MR) is 104 cm³/mol. The molecule has 27 heavy (non-hydrogen) atoms. The van der Waals surface area contributed by atoms with Crippen LogP contribution in [0.25, 0.3) is 0 Å². The van der Waals surface area contributed by atoms with Gasteiger partial charge in [-0.25, -0.2) is 9.78 Å². The van der Waals surface area contributed by atoms with Gasteiger partial charge in [-0.1, -0.05) is 0 Å². The third-order valence-corrected chi connectivity index (χ3v) is 4.56. The van der Waals surface area contributed by atoms with Crippen LogP contribution in [0.2, 0.25) is 0 Å². The highest BCUT2D eigenvalue weighted by atomic mass is 79.9. The first-order valence-electron chi connectivity index (χ1n) is 8.66. The highest BCUT2D eigenvalue weighted by Gasteiger charge is 2.32. The molecule has 1 amide bonds. The minimum atomic E-state index is -0.582. The largest absolute Gasteiger partial charge is 0.444 e. The lowest BCUT2D eigenvalue weighted by molar-refractivity contribution is -0.384. The topological polar surface area (TPSA) is 116 Å². The van der Waals surface area contributed by atoms with Gasteiger partial charge in [0.1, 0.15) is 22.1 Å². The van der Waals surface area contributed by atoms with E-state index in [-0.39, 0.29) is 23.9 Å². The van der Waals surface area contributed by atoms with E-state index in [1.165, 1.54) is 6.20 Å². The molecule has 1 fully saturated rings. The maximum atomic E-state index is 12.1. The number of amides is 1. The number of carbonyl (C=O) groups is 1. The zero-order valence-electron chi connectivity index (χ0n) is 15.8. The quantitative estimate of drug-likeness (QED) is 0.404. The summed E-state index contributed by atoms with van der Waals surface area (Å²) in [7, 11) is 1.61. The van der Waals surface area contributed by atoms with Crippen LogP contribution in [0, 0.1) is 10.1 Å². The molecule has 0 saturated heterocycles. The number of hydrogen-bond donors (Lipinski definition) is 2. The Bertz CT molecular complexity index is 694. The van der Waals surface area contributed by atoms with E-state index < -0.39 is 16.6 Å². The predicted octanol–water partition coefficient (Wildman–Crippen LogP) is 3.63. The number of rotatable bonds is 5. The molecule has 1 aliphatic rings. The van der Waals surface area contributed by atoms with Gasteiger partial charge >= 0.3 is 11.8 Å². The van der Waals surface area contributed by atoms with Gasteiger partial charge in [0, 0.05) is 25.3 Å². The number of pyridine rings is 1. The van der Waals surface area contributed by atoms with E-state index >= 15 is 0 Å². The van der Waals surface area contributed by atoms with Crippen molar-refractivity contribution in [2.75, 3.05) is 12.4 Å². The zero-order valence-corrected chi connectivity index (χ0v) is 17.4. The van der Waals surface area contributed by atoms with Crippen LogP contribution in [0.1, 0.15) is 40.0 Å². The summed E-state index contributed by atoms with van der Waals surface area (Å²) in [5, 5.41) is 17.3. The van der Waals surface area contributed by atoms with Crippen molar-refractivity contribution in [2.24, 2.45) is 0 Å². The van der Waals surface area contributed by atoms with Gasteiger partial charge in [0.05, 0.1) is 11.0 Å². The number of nitrogens with one attached hydrogen (secondary N) is 2. The normalized spacial score (nSPS) is 22.8. The van der Waals surface area contributed by atoms with Crippen LogP contribution in [-0.2, 0) is 9.47 Å². The minimum Gasteiger partial charge on any atom is -0.444 e. The van der Waals surface area contributed by atoms with E-state index in [1.807, 2.05) is 0 Å². The lowest BCUT2D eigenvalue weighted by Gasteiger charge is -2.35. The molecule has 0 spiro atoms. The van der Waals surface area contributed by atoms with Gasteiger partial charge in [-0.2, -0.15) is 0 Å². The Morgan fingerprint density at radius 1 is 1.33 bits per heavy atom. The number of ether oxygens (including phenoxy) is 2. The fourth-order valence-corrected chi connectivity index (χ4v) is 3.40. The molecule has 3 atom stereocenters. The van der Waals surface area contributed by atoms with Gasteiger partial charge in [-0.15, -0.1) is 0 Å². The average Bonchev–Trinajstić information content (AvgIpc) is 2.52. The second-order valence-electron chi connectivity index (χ2n) is 7.53. The molecular weight excluding hydrogens is 420 g/mol. The van der Waals surface area contributed by atoms with Crippen LogP contribution in [0.15, 0.2) is 16.9 Å². The summed E-state index contributed by atoms with van der Waals surface area (Å²) in [6, 6.07) is 1.29. The van der Waals surface area contributed by atoms with E-state index in [1.54, 1.807) is 33.9 Å². The van der Waals surface area contributed by atoms with Crippen molar-refractivity contribution in [1.29, 1.82) is 0 Å². The molecule has 1 aromatic rings. The molecular formula is C17H25BrN4O5. The fraction of sp³-hybridized carbons (Fsp3) is 0.647. The van der Waals surface area contributed by atoms with Crippen LogP contribution in [-0.4, -0.2) is 46.9 Å². The number of aromatic nitrogens is 1. The Morgan fingerprint density at radius 2 is 2.00 bits per heavy atom. The number of alkyl carbamates (subject to hydrolysis) is 1. The third kappa shape index (κ3) is 6.62.